The molecule has 2 heterocycles. The van der Waals surface area contributed by atoms with Crippen LogP contribution in [0, 0.1) is 0 Å². The van der Waals surface area contributed by atoms with Gasteiger partial charge < -0.3 is 13.7 Å². The summed E-state index contributed by atoms with van der Waals surface area (Å²) < 4.78 is 13.1. The van der Waals surface area contributed by atoms with Crippen molar-refractivity contribution in [1.82, 2.24) is 4.98 Å². The SMILES string of the molecule is c1ccc(-c2ccc(N(c3ccc(-c4ccccc4)cc3)c3ccc4c(c3)oc3cccc(-c5nc6ccc7ccccc7c6o5)c34)cc2)cc1. The summed E-state index contributed by atoms with van der Waals surface area (Å²) in [6, 6.07) is 63.3. The van der Waals surface area contributed by atoms with Gasteiger partial charge in [0.05, 0.1) is 0 Å². The number of aromatic nitrogens is 1. The van der Waals surface area contributed by atoms with Gasteiger partial charge in [0, 0.05) is 44.9 Å². The van der Waals surface area contributed by atoms with E-state index in [-0.39, 0.29) is 0 Å². The van der Waals surface area contributed by atoms with Gasteiger partial charge in [-0.3, -0.25) is 0 Å². The Hall–Kier alpha value is -6.91. The highest BCUT2D eigenvalue weighted by Gasteiger charge is 2.20. The minimum atomic E-state index is 0.581. The molecular formula is C47H30N2O2. The average Bonchev–Trinajstić information content (AvgIpc) is 3.81. The average molecular weight is 655 g/mol. The lowest BCUT2D eigenvalue weighted by Crippen LogP contribution is -2.09. The van der Waals surface area contributed by atoms with Crippen molar-refractivity contribution < 1.29 is 8.83 Å². The molecule has 0 fully saturated rings. The highest BCUT2D eigenvalue weighted by Crippen LogP contribution is 2.42. The number of furan rings is 1. The van der Waals surface area contributed by atoms with E-state index in [9.17, 15) is 0 Å². The molecule has 2 aromatic heterocycles. The quantitative estimate of drug-likeness (QED) is 0.179. The molecule has 0 bridgehead atoms. The largest absolute Gasteiger partial charge is 0.456 e. The Morgan fingerprint density at radius 3 is 1.71 bits per heavy atom. The summed E-state index contributed by atoms with van der Waals surface area (Å²) in [7, 11) is 0. The molecule has 0 unspecified atom stereocenters. The number of nitrogens with zero attached hydrogens (tertiary/aromatic N) is 2. The molecular weight excluding hydrogens is 625 g/mol. The van der Waals surface area contributed by atoms with Crippen LogP contribution in [0.4, 0.5) is 17.1 Å². The fraction of sp³-hybridized carbons (Fsp3) is 0. The Balaban J connectivity index is 1.10. The molecule has 0 amide bonds. The molecule has 0 aliphatic rings. The Labute approximate surface area is 294 Å². The summed E-state index contributed by atoms with van der Waals surface area (Å²) in [5, 5.41) is 4.17. The van der Waals surface area contributed by atoms with Gasteiger partial charge in [-0.15, -0.1) is 0 Å². The highest BCUT2D eigenvalue weighted by molar-refractivity contribution is 6.13. The van der Waals surface area contributed by atoms with Crippen molar-refractivity contribution in [2.24, 2.45) is 0 Å². The van der Waals surface area contributed by atoms with Crippen molar-refractivity contribution >= 4 is 60.9 Å². The van der Waals surface area contributed by atoms with Crippen LogP contribution in [0.25, 0.3) is 77.5 Å². The van der Waals surface area contributed by atoms with Crippen molar-refractivity contribution in [3.8, 4) is 33.7 Å². The van der Waals surface area contributed by atoms with E-state index in [0.29, 0.717) is 5.89 Å². The second-order valence-corrected chi connectivity index (χ2v) is 12.8. The number of fused-ring (bicyclic) bond motifs is 6. The molecule has 0 atom stereocenters. The van der Waals surface area contributed by atoms with Gasteiger partial charge in [0.15, 0.2) is 5.58 Å². The summed E-state index contributed by atoms with van der Waals surface area (Å²) >= 11 is 0. The summed E-state index contributed by atoms with van der Waals surface area (Å²) in [6.07, 6.45) is 0. The van der Waals surface area contributed by atoms with E-state index < -0.39 is 0 Å². The first-order chi connectivity index (χ1) is 25.3. The van der Waals surface area contributed by atoms with Gasteiger partial charge in [0.25, 0.3) is 0 Å². The molecule has 0 radical (unpaired) electrons. The molecule has 51 heavy (non-hydrogen) atoms. The van der Waals surface area contributed by atoms with Crippen LogP contribution in [-0.4, -0.2) is 4.98 Å². The van der Waals surface area contributed by atoms with Crippen LogP contribution in [0.2, 0.25) is 0 Å². The number of hydrogen-bond donors (Lipinski definition) is 0. The monoisotopic (exact) mass is 654 g/mol. The number of anilines is 3. The Bertz CT molecular complexity index is 2750. The molecule has 10 rings (SSSR count). The second-order valence-electron chi connectivity index (χ2n) is 12.8. The van der Waals surface area contributed by atoms with Crippen LogP contribution in [0.3, 0.4) is 0 Å². The van der Waals surface area contributed by atoms with Crippen molar-refractivity contribution in [1.29, 1.82) is 0 Å². The predicted molar refractivity (Wildman–Crippen MR) is 210 cm³/mol. The summed E-state index contributed by atoms with van der Waals surface area (Å²) in [6.45, 7) is 0. The molecule has 0 saturated carbocycles. The van der Waals surface area contributed by atoms with Gasteiger partial charge in [-0.25, -0.2) is 4.98 Å². The lowest BCUT2D eigenvalue weighted by molar-refractivity contribution is 0.623. The van der Waals surface area contributed by atoms with Crippen LogP contribution in [-0.2, 0) is 0 Å². The van der Waals surface area contributed by atoms with E-state index in [4.69, 9.17) is 13.8 Å². The fourth-order valence-corrected chi connectivity index (χ4v) is 7.22. The Kier molecular flexibility index (Phi) is 6.78. The number of rotatable bonds is 6. The summed E-state index contributed by atoms with van der Waals surface area (Å²) in [5.41, 5.74) is 11.9. The van der Waals surface area contributed by atoms with Gasteiger partial charge in [0.2, 0.25) is 5.89 Å². The maximum absolute atomic E-state index is 6.58. The van der Waals surface area contributed by atoms with Gasteiger partial charge in [-0.1, -0.05) is 121 Å². The third-order valence-electron chi connectivity index (χ3n) is 9.71. The van der Waals surface area contributed by atoms with Gasteiger partial charge in [0.1, 0.15) is 16.7 Å². The molecule has 0 N–H and O–H groups in total. The molecule has 10 aromatic rings. The Morgan fingerprint density at radius 1 is 0.412 bits per heavy atom. The first kappa shape index (κ1) is 29.0. The molecule has 240 valence electrons. The highest BCUT2D eigenvalue weighted by atomic mass is 16.3. The maximum atomic E-state index is 6.58. The van der Waals surface area contributed by atoms with Crippen LogP contribution < -0.4 is 4.90 Å². The smallest absolute Gasteiger partial charge is 0.228 e. The number of hydrogen-bond acceptors (Lipinski definition) is 4. The Morgan fingerprint density at radius 2 is 1.02 bits per heavy atom. The van der Waals surface area contributed by atoms with E-state index in [1.807, 2.05) is 42.5 Å². The van der Waals surface area contributed by atoms with Gasteiger partial charge in [-0.2, -0.15) is 0 Å². The first-order valence-electron chi connectivity index (χ1n) is 17.1. The minimum absolute atomic E-state index is 0.581. The van der Waals surface area contributed by atoms with Gasteiger partial charge >= 0.3 is 0 Å². The van der Waals surface area contributed by atoms with E-state index in [1.54, 1.807) is 0 Å². The molecule has 4 heteroatoms. The number of benzene rings is 8. The minimum Gasteiger partial charge on any atom is -0.456 e. The van der Waals surface area contributed by atoms with Crippen molar-refractivity contribution in [3.05, 3.63) is 182 Å². The summed E-state index contributed by atoms with van der Waals surface area (Å²) in [4.78, 5) is 7.22. The van der Waals surface area contributed by atoms with Crippen molar-refractivity contribution in [2.75, 3.05) is 4.90 Å². The topological polar surface area (TPSA) is 42.4 Å². The molecule has 0 saturated heterocycles. The van der Waals surface area contributed by atoms with Crippen LogP contribution in [0.1, 0.15) is 0 Å². The van der Waals surface area contributed by atoms with Crippen LogP contribution in [0.5, 0.6) is 0 Å². The van der Waals surface area contributed by atoms with Crippen molar-refractivity contribution in [3.63, 3.8) is 0 Å². The van der Waals surface area contributed by atoms with E-state index in [1.165, 1.54) is 22.3 Å². The molecule has 4 nitrogen and oxygen atoms in total. The first-order valence-corrected chi connectivity index (χ1v) is 17.1. The third-order valence-corrected chi connectivity index (χ3v) is 9.71. The van der Waals surface area contributed by atoms with Gasteiger partial charge in [-0.05, 0) is 82.2 Å². The zero-order valence-electron chi connectivity index (χ0n) is 27.5. The lowest BCUT2D eigenvalue weighted by atomic mass is 10.0. The molecule has 8 aromatic carbocycles. The van der Waals surface area contributed by atoms with Crippen molar-refractivity contribution in [2.45, 2.75) is 0 Å². The lowest BCUT2D eigenvalue weighted by Gasteiger charge is -2.26. The van der Waals surface area contributed by atoms with E-state index in [2.05, 4.69) is 144 Å². The molecule has 0 aliphatic heterocycles. The zero-order chi connectivity index (χ0) is 33.7. The second kappa shape index (κ2) is 11.9. The maximum Gasteiger partial charge on any atom is 0.228 e. The standard InChI is InChI=1S/C47H30N2O2/c1-3-10-31(11-4-1)33-18-23-36(24-19-33)49(37-25-20-34(21-26-37)32-12-5-2-6-13-32)38-27-28-40-44(30-38)50-43-17-9-16-41(45(40)43)47-48-42-29-22-35-14-7-8-15-39(35)46(42)51-47/h1-30H. The predicted octanol–water partition coefficient (Wildman–Crippen LogP) is 13.4. The third kappa shape index (κ3) is 5.04. The normalized spacial score (nSPS) is 11.5. The van der Waals surface area contributed by atoms with Crippen LogP contribution >= 0.6 is 0 Å². The molecule has 0 aliphatic carbocycles. The fourth-order valence-electron chi connectivity index (χ4n) is 7.22. The summed E-state index contributed by atoms with van der Waals surface area (Å²) in [5.74, 6) is 0.581. The van der Waals surface area contributed by atoms with E-state index >= 15 is 0 Å². The van der Waals surface area contributed by atoms with E-state index in [0.717, 1.165) is 66.4 Å². The number of oxazole rings is 1. The zero-order valence-corrected chi connectivity index (χ0v) is 27.5. The molecule has 0 spiro atoms. The van der Waals surface area contributed by atoms with Crippen LogP contribution in [0.15, 0.2) is 191 Å².